The monoisotopic (exact) mass is 457 g/mol. The molecule has 2 rings (SSSR count). The highest BCUT2D eigenvalue weighted by Gasteiger charge is 2.06. The highest BCUT2D eigenvalue weighted by Crippen LogP contribution is 2.10. The summed E-state index contributed by atoms with van der Waals surface area (Å²) in [4.78, 5) is 8.68. The summed E-state index contributed by atoms with van der Waals surface area (Å²) >= 11 is 0. The van der Waals surface area contributed by atoms with Crippen LogP contribution in [-0.2, 0) is 19.6 Å². The molecular weight excluding hydrogens is 429 g/mol. The molecule has 1 aromatic carbocycles. The number of aliphatic imine (C=N–C) groups is 1. The van der Waals surface area contributed by atoms with E-state index in [2.05, 4.69) is 39.0 Å². The zero-order valence-corrected chi connectivity index (χ0v) is 17.7. The third-order valence-corrected chi connectivity index (χ3v) is 3.62. The lowest BCUT2D eigenvalue weighted by Gasteiger charge is -2.14. The van der Waals surface area contributed by atoms with Gasteiger partial charge in [0.25, 0.3) is 0 Å². The van der Waals surface area contributed by atoms with Crippen molar-refractivity contribution in [2.24, 2.45) is 10.9 Å². The molecule has 138 valence electrons. The van der Waals surface area contributed by atoms with Crippen molar-refractivity contribution in [3.05, 3.63) is 48.0 Å². The molecule has 0 aliphatic heterocycles. The first-order valence-corrected chi connectivity index (χ1v) is 8.19. The average molecular weight is 457 g/mol. The fourth-order valence-electron chi connectivity index (χ4n) is 2.38. The first kappa shape index (κ1) is 21.3. The molecule has 2 N–H and O–H groups in total. The number of aromatic nitrogens is 2. The van der Waals surface area contributed by atoms with Crippen LogP contribution in [-0.4, -0.2) is 29.7 Å². The molecule has 0 bridgehead atoms. The Hall–Kier alpha value is -1.77. The predicted octanol–water partition coefficient (Wildman–Crippen LogP) is 3.03. The Balaban J connectivity index is 0.00000312. The minimum atomic E-state index is 0. The largest absolute Gasteiger partial charge is 0.497 e. The van der Waals surface area contributed by atoms with E-state index in [0.29, 0.717) is 19.0 Å². The summed E-state index contributed by atoms with van der Waals surface area (Å²) in [5.41, 5.74) is 1.17. The molecule has 0 radical (unpaired) electrons. The van der Waals surface area contributed by atoms with Gasteiger partial charge in [-0.2, -0.15) is 0 Å². The summed E-state index contributed by atoms with van der Waals surface area (Å²) in [5.74, 6) is 3.21. The fourth-order valence-corrected chi connectivity index (χ4v) is 2.38. The van der Waals surface area contributed by atoms with Gasteiger partial charge in [0.15, 0.2) is 5.96 Å². The number of ether oxygens (including phenoxy) is 1. The quantitative estimate of drug-likeness (QED) is 0.381. The van der Waals surface area contributed by atoms with Gasteiger partial charge in [-0.1, -0.05) is 26.0 Å². The van der Waals surface area contributed by atoms with E-state index in [1.807, 2.05) is 36.7 Å². The Labute approximate surface area is 167 Å². The molecule has 0 saturated heterocycles. The number of nitrogens with zero attached hydrogens (tertiary/aromatic N) is 3. The van der Waals surface area contributed by atoms with Gasteiger partial charge in [-0.25, -0.2) is 4.98 Å². The van der Waals surface area contributed by atoms with Crippen LogP contribution in [0.3, 0.4) is 0 Å². The number of guanidine groups is 1. The minimum absolute atomic E-state index is 0. The molecule has 1 heterocycles. The van der Waals surface area contributed by atoms with Crippen LogP contribution in [0.4, 0.5) is 0 Å². The second kappa shape index (κ2) is 11.0. The smallest absolute Gasteiger partial charge is 0.191 e. The second-order valence-electron chi connectivity index (χ2n) is 6.02. The first-order valence-electron chi connectivity index (χ1n) is 8.19. The number of benzene rings is 1. The fraction of sp³-hybridized carbons (Fsp3) is 0.444. The Morgan fingerprint density at radius 2 is 1.88 bits per heavy atom. The summed E-state index contributed by atoms with van der Waals surface area (Å²) in [6.07, 6.45) is 3.86. The molecule has 0 atom stereocenters. The van der Waals surface area contributed by atoms with Gasteiger partial charge in [0.2, 0.25) is 0 Å². The summed E-state index contributed by atoms with van der Waals surface area (Å²) in [6.45, 7) is 6.71. The molecule has 0 fully saturated rings. The predicted molar refractivity (Wildman–Crippen MR) is 113 cm³/mol. The van der Waals surface area contributed by atoms with E-state index >= 15 is 0 Å². The van der Waals surface area contributed by atoms with Crippen LogP contribution < -0.4 is 15.4 Å². The Bertz CT molecular complexity index is 652. The lowest BCUT2D eigenvalue weighted by atomic mass is 10.2. The van der Waals surface area contributed by atoms with E-state index in [4.69, 9.17) is 4.74 Å². The third kappa shape index (κ3) is 6.93. The second-order valence-corrected chi connectivity index (χ2v) is 6.02. The van der Waals surface area contributed by atoms with E-state index < -0.39 is 0 Å². The maximum Gasteiger partial charge on any atom is 0.191 e. The van der Waals surface area contributed by atoms with Crippen LogP contribution in [0.5, 0.6) is 5.75 Å². The molecule has 1 aromatic heterocycles. The molecule has 0 aliphatic rings. The normalized spacial score (nSPS) is 11.2. The number of imidazole rings is 1. The van der Waals surface area contributed by atoms with Crippen molar-refractivity contribution in [3.63, 3.8) is 0 Å². The van der Waals surface area contributed by atoms with Gasteiger partial charge in [-0.3, -0.25) is 4.99 Å². The summed E-state index contributed by atoms with van der Waals surface area (Å²) < 4.78 is 7.34. The van der Waals surface area contributed by atoms with Gasteiger partial charge in [-0.15, -0.1) is 24.0 Å². The van der Waals surface area contributed by atoms with Gasteiger partial charge in [0, 0.05) is 32.5 Å². The molecule has 2 aromatic rings. The maximum atomic E-state index is 5.17. The van der Waals surface area contributed by atoms with Crippen molar-refractivity contribution in [2.75, 3.05) is 14.2 Å². The molecule has 0 amide bonds. The molecular formula is C18H28IN5O. The van der Waals surface area contributed by atoms with Crippen molar-refractivity contribution in [1.82, 2.24) is 20.2 Å². The Morgan fingerprint density at radius 3 is 2.48 bits per heavy atom. The molecule has 0 aliphatic carbocycles. The van der Waals surface area contributed by atoms with Crippen LogP contribution in [0, 0.1) is 5.92 Å². The van der Waals surface area contributed by atoms with Gasteiger partial charge >= 0.3 is 0 Å². The molecule has 0 saturated carbocycles. The standard InChI is InChI=1S/C18H27N5O.HI/c1-14(2)13-23-10-9-20-17(23)12-22-18(19-3)21-11-15-5-7-16(24-4)8-6-15;/h5-10,14H,11-13H2,1-4H3,(H2,19,21,22);1H. The number of methoxy groups -OCH3 is 1. The zero-order chi connectivity index (χ0) is 17.4. The van der Waals surface area contributed by atoms with Gasteiger partial charge in [0.05, 0.1) is 13.7 Å². The van der Waals surface area contributed by atoms with E-state index in [-0.39, 0.29) is 24.0 Å². The van der Waals surface area contributed by atoms with Crippen molar-refractivity contribution >= 4 is 29.9 Å². The SMILES string of the molecule is CN=C(NCc1ccc(OC)cc1)NCc1nccn1CC(C)C.I. The summed E-state index contributed by atoms with van der Waals surface area (Å²) in [6, 6.07) is 7.98. The summed E-state index contributed by atoms with van der Waals surface area (Å²) in [5, 5.41) is 6.62. The maximum absolute atomic E-state index is 5.17. The number of halogens is 1. The van der Waals surface area contributed by atoms with Crippen LogP contribution in [0.15, 0.2) is 41.7 Å². The number of rotatable bonds is 7. The van der Waals surface area contributed by atoms with Crippen molar-refractivity contribution in [1.29, 1.82) is 0 Å². The van der Waals surface area contributed by atoms with E-state index in [9.17, 15) is 0 Å². The van der Waals surface area contributed by atoms with Crippen LogP contribution >= 0.6 is 24.0 Å². The van der Waals surface area contributed by atoms with Crippen molar-refractivity contribution in [3.8, 4) is 5.75 Å². The molecule has 0 spiro atoms. The molecule has 6 nitrogen and oxygen atoms in total. The zero-order valence-electron chi connectivity index (χ0n) is 15.3. The third-order valence-electron chi connectivity index (χ3n) is 3.62. The molecule has 0 unspecified atom stereocenters. The van der Waals surface area contributed by atoms with Gasteiger partial charge in [0.1, 0.15) is 11.6 Å². The molecule has 7 heteroatoms. The minimum Gasteiger partial charge on any atom is -0.497 e. The summed E-state index contributed by atoms with van der Waals surface area (Å²) in [7, 11) is 3.44. The average Bonchev–Trinajstić information content (AvgIpc) is 3.02. The van der Waals surface area contributed by atoms with E-state index in [1.165, 1.54) is 5.56 Å². The number of hydrogen-bond acceptors (Lipinski definition) is 3. The first-order chi connectivity index (χ1) is 11.6. The van der Waals surface area contributed by atoms with Gasteiger partial charge < -0.3 is 19.9 Å². The highest BCUT2D eigenvalue weighted by atomic mass is 127. The Kier molecular flexibility index (Phi) is 9.33. The number of nitrogens with one attached hydrogen (secondary N) is 2. The van der Waals surface area contributed by atoms with Gasteiger partial charge in [-0.05, 0) is 23.6 Å². The van der Waals surface area contributed by atoms with Crippen LogP contribution in [0.25, 0.3) is 0 Å². The number of hydrogen-bond donors (Lipinski definition) is 2. The van der Waals surface area contributed by atoms with Crippen molar-refractivity contribution < 1.29 is 4.74 Å². The lowest BCUT2D eigenvalue weighted by Crippen LogP contribution is -2.37. The van der Waals surface area contributed by atoms with Crippen molar-refractivity contribution in [2.45, 2.75) is 33.5 Å². The highest BCUT2D eigenvalue weighted by molar-refractivity contribution is 14.0. The topological polar surface area (TPSA) is 63.5 Å². The van der Waals surface area contributed by atoms with Crippen LogP contribution in [0.1, 0.15) is 25.2 Å². The van der Waals surface area contributed by atoms with E-state index in [0.717, 1.165) is 24.1 Å². The van der Waals surface area contributed by atoms with E-state index in [1.54, 1.807) is 14.2 Å². The molecule has 25 heavy (non-hydrogen) atoms. The lowest BCUT2D eigenvalue weighted by molar-refractivity contribution is 0.414. The van der Waals surface area contributed by atoms with Crippen LogP contribution in [0.2, 0.25) is 0 Å². The Morgan fingerprint density at radius 1 is 1.20 bits per heavy atom.